The summed E-state index contributed by atoms with van der Waals surface area (Å²) in [6.45, 7) is 0. The summed E-state index contributed by atoms with van der Waals surface area (Å²) >= 11 is 0.405. The summed E-state index contributed by atoms with van der Waals surface area (Å²) in [5.74, 6) is 0. The Morgan fingerprint density at radius 3 is 1.20 bits per heavy atom. The molecule has 0 amide bonds. The van der Waals surface area contributed by atoms with Crippen molar-refractivity contribution in [1.29, 1.82) is 0 Å². The molecule has 0 heterocycles. The van der Waals surface area contributed by atoms with Crippen molar-refractivity contribution in [3.05, 3.63) is 121 Å². The molecule has 30 heavy (non-hydrogen) atoms. The predicted molar refractivity (Wildman–Crippen MR) is 134 cm³/mol. The molecule has 0 nitrogen and oxygen atoms in total. The van der Waals surface area contributed by atoms with Crippen molar-refractivity contribution in [2.24, 2.45) is 0 Å². The Hall–Kier alpha value is -2.17. The van der Waals surface area contributed by atoms with Crippen molar-refractivity contribution >= 4 is 42.6 Å². The molecule has 2 heteroatoms. The number of benzene rings is 4. The summed E-state index contributed by atoms with van der Waals surface area (Å²) in [5, 5.41) is 4.58. The molecule has 0 aliphatic heterocycles. The fourth-order valence-corrected chi connectivity index (χ4v) is 16.1. The van der Waals surface area contributed by atoms with Gasteiger partial charge in [-0.25, -0.2) is 0 Å². The zero-order valence-electron chi connectivity index (χ0n) is 17.0. The molecule has 0 saturated heterocycles. The minimum atomic E-state index is -1.83. The van der Waals surface area contributed by atoms with Crippen LogP contribution in [0.25, 0.3) is 0 Å². The van der Waals surface area contributed by atoms with E-state index in [0.717, 1.165) is 0 Å². The second-order valence-corrected chi connectivity index (χ2v) is 15.4. The molecule has 1 fully saturated rings. The van der Waals surface area contributed by atoms with E-state index in [9.17, 15) is 0 Å². The number of hydrogen-bond donors (Lipinski definition) is 0. The molecule has 0 radical (unpaired) electrons. The predicted octanol–water partition coefficient (Wildman–Crippen LogP) is 4.89. The van der Waals surface area contributed by atoms with Gasteiger partial charge in [-0.3, -0.25) is 0 Å². The maximum absolute atomic E-state index is 2.40. The monoisotopic (exact) mass is 473 g/mol. The molecule has 0 unspecified atom stereocenters. The van der Waals surface area contributed by atoms with Crippen LogP contribution >= 0.6 is 7.26 Å². The SMILES string of the molecule is c1ccc([Se]C2([P+](c3ccccc3)(c3ccccc3)c3ccccc3)CCC2)cc1. The molecular formula is C28H26PSe+. The molecule has 1 aliphatic rings. The standard InChI is InChI=1S/C28H26PSe/c1-5-14-24(15-6-1)29(25-16-7-2-8-17-25,26-18-9-3-10-19-26)28(22-13-23-28)30-27-20-11-4-12-21-27/h1-12,14-21H,13,22-23H2/q+1. The van der Waals surface area contributed by atoms with E-state index in [4.69, 9.17) is 0 Å². The summed E-state index contributed by atoms with van der Waals surface area (Å²) < 4.78 is 1.85. The zero-order chi connectivity index (χ0) is 20.3. The molecule has 5 rings (SSSR count). The van der Waals surface area contributed by atoms with Crippen LogP contribution in [-0.2, 0) is 0 Å². The maximum atomic E-state index is 2.40. The number of hydrogen-bond acceptors (Lipinski definition) is 0. The fraction of sp³-hybridized carbons (Fsp3) is 0.143. The van der Waals surface area contributed by atoms with Gasteiger partial charge in [0.05, 0.1) is 0 Å². The molecule has 4 aromatic carbocycles. The van der Waals surface area contributed by atoms with Crippen LogP contribution < -0.4 is 20.4 Å². The summed E-state index contributed by atoms with van der Waals surface area (Å²) in [7, 11) is -1.83. The molecule has 4 aromatic rings. The van der Waals surface area contributed by atoms with Crippen LogP contribution in [0, 0.1) is 0 Å². The van der Waals surface area contributed by atoms with E-state index in [0.29, 0.717) is 19.0 Å². The first kappa shape index (κ1) is 19.8. The Morgan fingerprint density at radius 1 is 0.500 bits per heavy atom. The van der Waals surface area contributed by atoms with Crippen molar-refractivity contribution in [1.82, 2.24) is 0 Å². The number of rotatable bonds is 6. The van der Waals surface area contributed by atoms with Crippen LogP contribution in [0.1, 0.15) is 19.3 Å². The first-order chi connectivity index (χ1) is 14.9. The van der Waals surface area contributed by atoms with E-state index in [1.807, 2.05) is 0 Å². The zero-order valence-corrected chi connectivity index (χ0v) is 19.6. The Kier molecular flexibility index (Phi) is 5.62. The quantitative estimate of drug-likeness (QED) is 0.277. The molecule has 1 aliphatic carbocycles. The fourth-order valence-electron chi connectivity index (χ4n) is 4.80. The van der Waals surface area contributed by atoms with E-state index in [-0.39, 0.29) is 0 Å². The van der Waals surface area contributed by atoms with Crippen LogP contribution in [0.3, 0.4) is 0 Å². The van der Waals surface area contributed by atoms with Crippen molar-refractivity contribution in [3.8, 4) is 0 Å². The summed E-state index contributed by atoms with van der Waals surface area (Å²) in [6, 6.07) is 45.5. The molecule has 0 atom stereocenters. The van der Waals surface area contributed by atoms with Gasteiger partial charge in [-0.2, -0.15) is 0 Å². The van der Waals surface area contributed by atoms with Gasteiger partial charge in [0, 0.05) is 0 Å². The van der Waals surface area contributed by atoms with Crippen molar-refractivity contribution in [2.45, 2.75) is 23.3 Å². The molecule has 1 saturated carbocycles. The van der Waals surface area contributed by atoms with Gasteiger partial charge in [0.15, 0.2) is 0 Å². The third kappa shape index (κ3) is 3.27. The Morgan fingerprint density at radius 2 is 0.867 bits per heavy atom. The van der Waals surface area contributed by atoms with Gasteiger partial charge in [0.1, 0.15) is 0 Å². The van der Waals surface area contributed by atoms with Crippen LogP contribution in [-0.4, -0.2) is 19.0 Å². The van der Waals surface area contributed by atoms with E-state index in [1.165, 1.54) is 39.6 Å². The third-order valence-corrected chi connectivity index (χ3v) is 16.0. The van der Waals surface area contributed by atoms with Gasteiger partial charge < -0.3 is 0 Å². The van der Waals surface area contributed by atoms with Crippen molar-refractivity contribution < 1.29 is 0 Å². The average Bonchev–Trinajstić information content (AvgIpc) is 2.80. The first-order valence-electron chi connectivity index (χ1n) is 10.7. The summed E-state index contributed by atoms with van der Waals surface area (Å²) in [5.41, 5.74) is 0. The second kappa shape index (κ2) is 8.52. The van der Waals surface area contributed by atoms with Crippen LogP contribution in [0.2, 0.25) is 0 Å². The van der Waals surface area contributed by atoms with Gasteiger partial charge in [-0.1, -0.05) is 0 Å². The molecule has 0 N–H and O–H groups in total. The normalized spacial score (nSPS) is 15.3. The second-order valence-electron chi connectivity index (χ2n) is 7.89. The Bertz CT molecular complexity index is 978. The Balaban J connectivity index is 1.82. The third-order valence-electron chi connectivity index (χ3n) is 6.23. The average molecular weight is 472 g/mol. The van der Waals surface area contributed by atoms with E-state index >= 15 is 0 Å². The van der Waals surface area contributed by atoms with Crippen molar-refractivity contribution in [3.63, 3.8) is 0 Å². The molecule has 0 aromatic heterocycles. The van der Waals surface area contributed by atoms with Crippen LogP contribution in [0.4, 0.5) is 0 Å². The van der Waals surface area contributed by atoms with Gasteiger partial charge in [0.25, 0.3) is 0 Å². The van der Waals surface area contributed by atoms with E-state index in [2.05, 4.69) is 121 Å². The van der Waals surface area contributed by atoms with Crippen LogP contribution in [0.5, 0.6) is 0 Å². The van der Waals surface area contributed by atoms with E-state index < -0.39 is 7.26 Å². The topological polar surface area (TPSA) is 0 Å². The minimum absolute atomic E-state index is 0.325. The summed E-state index contributed by atoms with van der Waals surface area (Å²) in [4.78, 5) is 0. The van der Waals surface area contributed by atoms with Gasteiger partial charge >= 0.3 is 187 Å². The molecule has 0 bridgehead atoms. The first-order valence-corrected chi connectivity index (χ1v) is 14.2. The molecular weight excluding hydrogens is 446 g/mol. The van der Waals surface area contributed by atoms with Gasteiger partial charge in [0.2, 0.25) is 0 Å². The van der Waals surface area contributed by atoms with Gasteiger partial charge in [-0.05, 0) is 0 Å². The molecule has 148 valence electrons. The Labute approximate surface area is 186 Å². The van der Waals surface area contributed by atoms with E-state index in [1.54, 1.807) is 0 Å². The van der Waals surface area contributed by atoms with Crippen LogP contribution in [0.15, 0.2) is 121 Å². The molecule has 0 spiro atoms. The van der Waals surface area contributed by atoms with Crippen molar-refractivity contribution in [2.75, 3.05) is 0 Å². The van der Waals surface area contributed by atoms with Gasteiger partial charge in [-0.15, -0.1) is 0 Å². The summed E-state index contributed by atoms with van der Waals surface area (Å²) in [6.07, 6.45) is 3.96.